The fourth-order valence-corrected chi connectivity index (χ4v) is 5.73. The Morgan fingerprint density at radius 2 is 2.00 bits per heavy atom. The normalized spacial score (nSPS) is 19.0. The highest BCUT2D eigenvalue weighted by atomic mass is 35.5. The summed E-state index contributed by atoms with van der Waals surface area (Å²) in [6.45, 7) is 1.94. The number of carbonyl (C=O) groups is 2. The average Bonchev–Trinajstić information content (AvgIpc) is 3.20. The first-order valence-corrected chi connectivity index (χ1v) is 11.2. The first-order valence-electron chi connectivity index (χ1n) is 9.41. The van der Waals surface area contributed by atoms with Crippen molar-refractivity contribution in [1.29, 1.82) is 0 Å². The minimum absolute atomic E-state index is 0.0517. The summed E-state index contributed by atoms with van der Waals surface area (Å²) >= 11 is 6.23. The molecule has 0 aromatic heterocycles. The van der Waals surface area contributed by atoms with Gasteiger partial charge in [0.05, 0.1) is 10.7 Å². The van der Waals surface area contributed by atoms with Crippen LogP contribution in [0.3, 0.4) is 0 Å². The fraction of sp³-hybridized carbons (Fsp3) is 0.300. The van der Waals surface area contributed by atoms with Gasteiger partial charge in [0.25, 0.3) is 5.91 Å². The van der Waals surface area contributed by atoms with Crippen molar-refractivity contribution in [3.63, 3.8) is 0 Å². The number of fused-ring (bicyclic) bond motifs is 1. The number of halogens is 1. The van der Waals surface area contributed by atoms with E-state index in [1.165, 1.54) is 16.4 Å². The number of rotatable bonds is 4. The number of nitrogens with zero attached hydrogens (tertiary/aromatic N) is 1. The van der Waals surface area contributed by atoms with Crippen LogP contribution in [0.1, 0.15) is 18.4 Å². The van der Waals surface area contributed by atoms with E-state index < -0.39 is 22.0 Å². The molecule has 2 aromatic rings. The highest BCUT2D eigenvalue weighted by Gasteiger charge is 2.41. The van der Waals surface area contributed by atoms with Crippen LogP contribution in [0.4, 0.5) is 11.4 Å². The number of amides is 2. The second-order valence-electron chi connectivity index (χ2n) is 7.24. The largest absolute Gasteiger partial charge is 0.482 e. The lowest BCUT2D eigenvalue weighted by molar-refractivity contribution is -0.119. The molecule has 158 valence electrons. The van der Waals surface area contributed by atoms with Crippen molar-refractivity contribution in [1.82, 2.24) is 4.31 Å². The Labute approximate surface area is 179 Å². The number of hydrogen-bond donors (Lipinski definition) is 2. The number of sulfonamides is 1. The average molecular weight is 450 g/mol. The molecule has 2 amide bonds. The van der Waals surface area contributed by atoms with E-state index >= 15 is 0 Å². The van der Waals surface area contributed by atoms with E-state index in [1.807, 2.05) is 19.1 Å². The molecule has 0 aliphatic carbocycles. The molecule has 8 nitrogen and oxygen atoms in total. The van der Waals surface area contributed by atoms with Crippen molar-refractivity contribution >= 4 is 44.8 Å². The van der Waals surface area contributed by atoms with Gasteiger partial charge in [-0.3, -0.25) is 9.59 Å². The molecule has 1 fully saturated rings. The lowest BCUT2D eigenvalue weighted by Gasteiger charge is -2.25. The monoisotopic (exact) mass is 449 g/mol. The third kappa shape index (κ3) is 3.88. The molecular weight excluding hydrogens is 430 g/mol. The van der Waals surface area contributed by atoms with Gasteiger partial charge in [0.15, 0.2) is 6.61 Å². The third-order valence-electron chi connectivity index (χ3n) is 5.08. The zero-order valence-electron chi connectivity index (χ0n) is 16.1. The molecule has 0 radical (unpaired) electrons. The van der Waals surface area contributed by atoms with Gasteiger partial charge in [0.2, 0.25) is 15.9 Å². The lowest BCUT2D eigenvalue weighted by Crippen LogP contribution is -2.43. The Balaban J connectivity index is 1.61. The summed E-state index contributed by atoms with van der Waals surface area (Å²) < 4.78 is 33.2. The number of carbonyl (C=O) groups excluding carboxylic acids is 2. The summed E-state index contributed by atoms with van der Waals surface area (Å²) in [5.74, 6) is -0.517. The molecule has 0 spiro atoms. The maximum Gasteiger partial charge on any atom is 0.262 e. The van der Waals surface area contributed by atoms with Gasteiger partial charge in [0, 0.05) is 18.3 Å². The number of ether oxygens (including phenoxy) is 1. The van der Waals surface area contributed by atoms with E-state index in [-0.39, 0.29) is 34.7 Å². The molecule has 0 saturated carbocycles. The molecule has 1 saturated heterocycles. The molecule has 1 atom stereocenters. The molecule has 2 aliphatic rings. The zero-order valence-corrected chi connectivity index (χ0v) is 17.7. The van der Waals surface area contributed by atoms with E-state index in [1.54, 1.807) is 12.1 Å². The number of hydrogen-bond acceptors (Lipinski definition) is 5. The van der Waals surface area contributed by atoms with Gasteiger partial charge < -0.3 is 15.4 Å². The van der Waals surface area contributed by atoms with Crippen LogP contribution in [0.25, 0.3) is 0 Å². The smallest absolute Gasteiger partial charge is 0.262 e. The van der Waals surface area contributed by atoms with Crippen molar-refractivity contribution < 1.29 is 22.7 Å². The molecule has 0 bridgehead atoms. The number of nitrogens with one attached hydrogen (secondary N) is 2. The van der Waals surface area contributed by atoms with Crippen molar-refractivity contribution in [3.8, 4) is 5.75 Å². The minimum atomic E-state index is -4.06. The summed E-state index contributed by atoms with van der Waals surface area (Å²) in [5, 5.41) is 5.32. The van der Waals surface area contributed by atoms with E-state index in [0.29, 0.717) is 24.2 Å². The van der Waals surface area contributed by atoms with Crippen LogP contribution in [0.15, 0.2) is 41.3 Å². The van der Waals surface area contributed by atoms with E-state index in [0.717, 1.165) is 5.56 Å². The number of aryl methyl sites for hydroxylation is 1. The van der Waals surface area contributed by atoms with Crippen LogP contribution in [0, 0.1) is 6.92 Å². The number of anilines is 2. The Morgan fingerprint density at radius 1 is 1.27 bits per heavy atom. The van der Waals surface area contributed by atoms with Crippen LogP contribution in [-0.4, -0.2) is 43.7 Å². The van der Waals surface area contributed by atoms with E-state index in [2.05, 4.69) is 10.6 Å². The number of benzene rings is 2. The first kappa shape index (κ1) is 20.6. The predicted molar refractivity (Wildman–Crippen MR) is 112 cm³/mol. The van der Waals surface area contributed by atoms with Crippen LogP contribution < -0.4 is 15.4 Å². The van der Waals surface area contributed by atoms with Gasteiger partial charge >= 0.3 is 0 Å². The quantitative estimate of drug-likeness (QED) is 0.746. The molecule has 2 heterocycles. The summed E-state index contributed by atoms with van der Waals surface area (Å²) in [4.78, 5) is 24.1. The molecule has 2 N–H and O–H groups in total. The SMILES string of the molecule is Cc1ccc(NC(=O)[C@@H]2CCCN2S(=O)(=O)c2cc3c(cc2Cl)NC(=O)CO3)cc1. The van der Waals surface area contributed by atoms with Crippen molar-refractivity contribution in [2.24, 2.45) is 0 Å². The second-order valence-corrected chi connectivity index (χ2v) is 9.51. The molecule has 4 rings (SSSR count). The molecule has 10 heteroatoms. The Bertz CT molecular complexity index is 1120. The molecule has 2 aliphatic heterocycles. The van der Waals surface area contributed by atoms with Crippen LogP contribution >= 0.6 is 11.6 Å². The van der Waals surface area contributed by atoms with Gasteiger partial charge in [0.1, 0.15) is 16.7 Å². The topological polar surface area (TPSA) is 105 Å². The summed E-state index contributed by atoms with van der Waals surface area (Å²) in [6.07, 6.45) is 0.965. The van der Waals surface area contributed by atoms with Gasteiger partial charge in [-0.2, -0.15) is 4.31 Å². The van der Waals surface area contributed by atoms with Crippen LogP contribution in [0.2, 0.25) is 5.02 Å². The summed E-state index contributed by atoms with van der Waals surface area (Å²) in [6, 6.07) is 9.07. The minimum Gasteiger partial charge on any atom is -0.482 e. The van der Waals surface area contributed by atoms with Crippen molar-refractivity contribution in [2.45, 2.75) is 30.7 Å². The van der Waals surface area contributed by atoms with Crippen molar-refractivity contribution in [2.75, 3.05) is 23.8 Å². The van der Waals surface area contributed by atoms with Gasteiger partial charge in [-0.1, -0.05) is 29.3 Å². The van der Waals surface area contributed by atoms with Crippen LogP contribution in [-0.2, 0) is 19.6 Å². The zero-order chi connectivity index (χ0) is 21.5. The molecular formula is C20H20ClN3O5S. The van der Waals surface area contributed by atoms with Gasteiger partial charge in [-0.05, 0) is 38.0 Å². The first-order chi connectivity index (χ1) is 14.3. The Hall–Kier alpha value is -2.62. The Kier molecular flexibility index (Phi) is 5.44. The standard InChI is InChI=1S/C20H20ClN3O5S/c1-12-4-6-13(7-5-12)22-20(26)16-3-2-8-24(16)30(27,28)18-10-17-15(9-14(18)21)23-19(25)11-29-17/h4-7,9-10,16H,2-3,8,11H2,1H3,(H,22,26)(H,23,25)/t16-/m0/s1. The Morgan fingerprint density at radius 3 is 2.73 bits per heavy atom. The molecule has 0 unspecified atom stereocenters. The van der Waals surface area contributed by atoms with E-state index in [4.69, 9.17) is 16.3 Å². The molecule has 2 aromatic carbocycles. The maximum atomic E-state index is 13.3. The summed E-state index contributed by atoms with van der Waals surface area (Å²) in [7, 11) is -4.06. The van der Waals surface area contributed by atoms with Crippen LogP contribution in [0.5, 0.6) is 5.75 Å². The van der Waals surface area contributed by atoms with Crippen molar-refractivity contribution in [3.05, 3.63) is 47.0 Å². The van der Waals surface area contributed by atoms with E-state index in [9.17, 15) is 18.0 Å². The second kappa shape index (κ2) is 7.90. The lowest BCUT2D eigenvalue weighted by atomic mass is 10.2. The fourth-order valence-electron chi connectivity index (χ4n) is 3.56. The molecule has 30 heavy (non-hydrogen) atoms. The summed E-state index contributed by atoms with van der Waals surface area (Å²) in [5.41, 5.74) is 1.97. The predicted octanol–water partition coefficient (Wildman–Crippen LogP) is 2.77. The van der Waals surface area contributed by atoms with Gasteiger partial charge in [-0.25, -0.2) is 8.42 Å². The highest BCUT2D eigenvalue weighted by Crippen LogP contribution is 2.38. The highest BCUT2D eigenvalue weighted by molar-refractivity contribution is 7.89. The third-order valence-corrected chi connectivity index (χ3v) is 7.45. The maximum absolute atomic E-state index is 13.3. The van der Waals surface area contributed by atoms with Gasteiger partial charge in [-0.15, -0.1) is 0 Å².